The molecule has 0 bridgehead atoms. The molecule has 0 saturated heterocycles. The topological polar surface area (TPSA) is 29.0 Å². The molecule has 0 amide bonds. The third kappa shape index (κ3) is 3.39. The highest BCUT2D eigenvalue weighted by atomic mass is 127. The van der Waals surface area contributed by atoms with Crippen LogP contribution in [0.4, 0.5) is 5.95 Å². The van der Waals surface area contributed by atoms with Gasteiger partial charge in [-0.05, 0) is 35.1 Å². The second-order valence-corrected chi connectivity index (χ2v) is 5.29. The van der Waals surface area contributed by atoms with Gasteiger partial charge >= 0.3 is 0 Å². The molecule has 88 valence electrons. The van der Waals surface area contributed by atoms with E-state index in [-0.39, 0.29) is 0 Å². The smallest absolute Gasteiger partial charge is 0.225 e. The lowest BCUT2D eigenvalue weighted by molar-refractivity contribution is 0.864. The Morgan fingerprint density at radius 3 is 2.59 bits per heavy atom. The van der Waals surface area contributed by atoms with Crippen molar-refractivity contribution in [3.05, 3.63) is 51.4 Å². The number of nitrogens with zero attached hydrogens (tertiary/aromatic N) is 3. The molecular formula is C13H14IN3. The Kier molecular flexibility index (Phi) is 3.93. The minimum atomic E-state index is 0.756. The molecule has 1 aromatic heterocycles. The summed E-state index contributed by atoms with van der Waals surface area (Å²) in [6.45, 7) is 2.92. The van der Waals surface area contributed by atoms with Crippen LogP contribution < -0.4 is 4.90 Å². The van der Waals surface area contributed by atoms with Gasteiger partial charge in [-0.2, -0.15) is 0 Å². The summed E-state index contributed by atoms with van der Waals surface area (Å²) in [5.74, 6) is 0.756. The summed E-state index contributed by atoms with van der Waals surface area (Å²) in [5.41, 5.74) is 2.55. The molecule has 1 aromatic carbocycles. The predicted octanol–water partition coefficient (Wildman–Crippen LogP) is 3.03. The minimum Gasteiger partial charge on any atom is -0.340 e. The van der Waals surface area contributed by atoms with Gasteiger partial charge in [-0.15, -0.1) is 0 Å². The van der Waals surface area contributed by atoms with Crippen LogP contribution in [0.15, 0.2) is 36.7 Å². The third-order valence-electron chi connectivity index (χ3n) is 2.45. The molecule has 0 aliphatic rings. The zero-order valence-corrected chi connectivity index (χ0v) is 12.0. The Hall–Kier alpha value is -1.17. The van der Waals surface area contributed by atoms with E-state index < -0.39 is 0 Å². The maximum atomic E-state index is 4.30. The zero-order chi connectivity index (χ0) is 12.3. The second-order valence-electron chi connectivity index (χ2n) is 4.05. The van der Waals surface area contributed by atoms with Crippen LogP contribution >= 0.6 is 22.6 Å². The molecule has 0 atom stereocenters. The second kappa shape index (κ2) is 5.44. The number of aromatic nitrogens is 2. The summed E-state index contributed by atoms with van der Waals surface area (Å²) < 4.78 is 1.05. The average molecular weight is 339 g/mol. The quantitative estimate of drug-likeness (QED) is 0.805. The minimum absolute atomic E-state index is 0.756. The van der Waals surface area contributed by atoms with Crippen LogP contribution in [-0.4, -0.2) is 17.0 Å². The highest BCUT2D eigenvalue weighted by Crippen LogP contribution is 2.12. The number of hydrogen-bond acceptors (Lipinski definition) is 3. The number of rotatable bonds is 3. The fraction of sp³-hybridized carbons (Fsp3) is 0.231. The summed E-state index contributed by atoms with van der Waals surface area (Å²) in [4.78, 5) is 10.7. The normalized spacial score (nSPS) is 10.3. The number of benzene rings is 1. The van der Waals surface area contributed by atoms with E-state index in [4.69, 9.17) is 0 Å². The number of hydrogen-bond donors (Lipinski definition) is 0. The molecule has 0 radical (unpaired) electrons. The molecule has 1 heterocycles. The van der Waals surface area contributed by atoms with Crippen molar-refractivity contribution in [1.82, 2.24) is 9.97 Å². The van der Waals surface area contributed by atoms with E-state index in [1.165, 1.54) is 11.1 Å². The van der Waals surface area contributed by atoms with Gasteiger partial charge in [-0.25, -0.2) is 9.97 Å². The molecule has 3 nitrogen and oxygen atoms in total. The standard InChI is InChI=1S/C13H14IN3/c1-10-4-3-5-11(6-10)9-17(2)13-15-7-12(14)8-16-13/h3-8H,9H2,1-2H3. The van der Waals surface area contributed by atoms with Crippen molar-refractivity contribution in [3.8, 4) is 0 Å². The van der Waals surface area contributed by atoms with Gasteiger partial charge in [0.15, 0.2) is 0 Å². The van der Waals surface area contributed by atoms with E-state index >= 15 is 0 Å². The Balaban J connectivity index is 2.11. The van der Waals surface area contributed by atoms with Crippen molar-refractivity contribution < 1.29 is 0 Å². The van der Waals surface area contributed by atoms with Crippen LogP contribution in [0.2, 0.25) is 0 Å². The predicted molar refractivity (Wildman–Crippen MR) is 78.0 cm³/mol. The van der Waals surface area contributed by atoms with Crippen molar-refractivity contribution >= 4 is 28.5 Å². The van der Waals surface area contributed by atoms with Gasteiger partial charge < -0.3 is 4.90 Å². The molecule has 0 unspecified atom stereocenters. The van der Waals surface area contributed by atoms with Crippen LogP contribution in [-0.2, 0) is 6.54 Å². The first-order valence-electron chi connectivity index (χ1n) is 5.39. The lowest BCUT2D eigenvalue weighted by atomic mass is 10.1. The average Bonchev–Trinajstić information content (AvgIpc) is 2.29. The lowest BCUT2D eigenvalue weighted by Gasteiger charge is -2.17. The van der Waals surface area contributed by atoms with Gasteiger partial charge in [0.2, 0.25) is 5.95 Å². The summed E-state index contributed by atoms with van der Waals surface area (Å²) in [5, 5.41) is 0. The van der Waals surface area contributed by atoms with Gasteiger partial charge in [-0.1, -0.05) is 29.8 Å². The van der Waals surface area contributed by atoms with E-state index in [9.17, 15) is 0 Å². The van der Waals surface area contributed by atoms with Crippen LogP contribution in [0.1, 0.15) is 11.1 Å². The third-order valence-corrected chi connectivity index (χ3v) is 3.01. The fourth-order valence-corrected chi connectivity index (χ4v) is 1.94. The van der Waals surface area contributed by atoms with Gasteiger partial charge in [0.25, 0.3) is 0 Å². The summed E-state index contributed by atoms with van der Waals surface area (Å²) in [6, 6.07) is 8.48. The van der Waals surface area contributed by atoms with Gasteiger partial charge in [0.1, 0.15) is 0 Å². The molecule has 0 saturated carbocycles. The Morgan fingerprint density at radius 2 is 1.94 bits per heavy atom. The first-order valence-corrected chi connectivity index (χ1v) is 6.47. The maximum Gasteiger partial charge on any atom is 0.225 e. The van der Waals surface area contributed by atoms with Crippen molar-refractivity contribution in [2.45, 2.75) is 13.5 Å². The maximum absolute atomic E-state index is 4.30. The highest BCUT2D eigenvalue weighted by molar-refractivity contribution is 14.1. The van der Waals surface area contributed by atoms with Gasteiger partial charge in [0.05, 0.1) is 0 Å². The molecule has 2 aromatic rings. The number of halogens is 1. The number of anilines is 1. The van der Waals surface area contributed by atoms with Crippen LogP contribution in [0.25, 0.3) is 0 Å². The first kappa shape index (κ1) is 12.3. The van der Waals surface area contributed by atoms with Crippen molar-refractivity contribution in [3.63, 3.8) is 0 Å². The Morgan fingerprint density at radius 1 is 1.24 bits per heavy atom. The Bertz CT molecular complexity index is 496. The highest BCUT2D eigenvalue weighted by Gasteiger charge is 2.04. The molecule has 0 fully saturated rings. The fourth-order valence-electron chi connectivity index (χ4n) is 1.66. The van der Waals surface area contributed by atoms with Crippen molar-refractivity contribution in [1.29, 1.82) is 0 Å². The van der Waals surface area contributed by atoms with Crippen molar-refractivity contribution in [2.75, 3.05) is 11.9 Å². The zero-order valence-electron chi connectivity index (χ0n) is 9.89. The van der Waals surface area contributed by atoms with E-state index in [1.807, 2.05) is 24.3 Å². The van der Waals surface area contributed by atoms with Gasteiger partial charge in [0, 0.05) is 29.6 Å². The van der Waals surface area contributed by atoms with Crippen LogP contribution in [0, 0.1) is 10.5 Å². The lowest BCUT2D eigenvalue weighted by Crippen LogP contribution is -2.19. The van der Waals surface area contributed by atoms with E-state index in [0.29, 0.717) is 0 Å². The van der Waals surface area contributed by atoms with Crippen molar-refractivity contribution in [2.24, 2.45) is 0 Å². The number of aryl methyl sites for hydroxylation is 1. The largest absolute Gasteiger partial charge is 0.340 e. The summed E-state index contributed by atoms with van der Waals surface area (Å²) >= 11 is 2.20. The molecule has 0 aliphatic carbocycles. The molecule has 4 heteroatoms. The van der Waals surface area contributed by atoms with E-state index in [1.54, 1.807) is 0 Å². The molecule has 2 rings (SSSR count). The molecule has 0 N–H and O–H groups in total. The summed E-state index contributed by atoms with van der Waals surface area (Å²) in [7, 11) is 2.00. The Labute approximate surface area is 115 Å². The first-order chi connectivity index (χ1) is 8.15. The monoisotopic (exact) mass is 339 g/mol. The SMILES string of the molecule is Cc1cccc(CN(C)c2ncc(I)cn2)c1. The van der Waals surface area contributed by atoms with Gasteiger partial charge in [-0.3, -0.25) is 0 Å². The summed E-state index contributed by atoms with van der Waals surface area (Å²) in [6.07, 6.45) is 3.66. The molecular weight excluding hydrogens is 325 g/mol. The van der Waals surface area contributed by atoms with Crippen LogP contribution in [0.5, 0.6) is 0 Å². The van der Waals surface area contributed by atoms with E-state index in [2.05, 4.69) is 63.7 Å². The molecule has 17 heavy (non-hydrogen) atoms. The molecule has 0 spiro atoms. The molecule has 0 aliphatic heterocycles. The van der Waals surface area contributed by atoms with Crippen LogP contribution in [0.3, 0.4) is 0 Å². The van der Waals surface area contributed by atoms with E-state index in [0.717, 1.165) is 16.1 Å².